The van der Waals surface area contributed by atoms with Gasteiger partial charge in [-0.2, -0.15) is 11.8 Å². The fourth-order valence-electron chi connectivity index (χ4n) is 1.66. The highest BCUT2D eigenvalue weighted by atomic mass is 79.9. The van der Waals surface area contributed by atoms with Gasteiger partial charge in [0, 0.05) is 15.8 Å². The first kappa shape index (κ1) is 14.2. The maximum absolute atomic E-state index is 12.1. The Morgan fingerprint density at radius 2 is 2.17 bits per heavy atom. The molecular formula is C11H15BrN2O2S2. The highest BCUT2D eigenvalue weighted by Crippen LogP contribution is 2.46. The summed E-state index contributed by atoms with van der Waals surface area (Å²) >= 11 is 4.97. The summed E-state index contributed by atoms with van der Waals surface area (Å²) in [4.78, 5) is 0.141. The van der Waals surface area contributed by atoms with Crippen molar-refractivity contribution >= 4 is 43.4 Å². The third-order valence-corrected chi connectivity index (χ3v) is 6.47. The standard InChI is InChI=1S/C11H15BrN2O2S2/c1-17-11(4-5-11)7-14-18(15,16)10-3-2-8(12)6-9(10)13/h2-3,6,14H,4-5,7,13H2,1H3. The van der Waals surface area contributed by atoms with E-state index in [0.717, 1.165) is 17.3 Å². The number of nitrogens with two attached hydrogens (primary N) is 1. The second kappa shape index (κ2) is 5.03. The molecule has 0 atom stereocenters. The SMILES string of the molecule is CSC1(CNS(=O)(=O)c2ccc(Br)cc2N)CC1. The van der Waals surface area contributed by atoms with Gasteiger partial charge in [0.05, 0.1) is 5.69 Å². The maximum Gasteiger partial charge on any atom is 0.242 e. The second-order valence-electron chi connectivity index (χ2n) is 4.39. The molecule has 2 rings (SSSR count). The zero-order chi connectivity index (χ0) is 13.4. The molecule has 100 valence electrons. The Kier molecular flexibility index (Phi) is 3.96. The Morgan fingerprint density at radius 3 is 2.67 bits per heavy atom. The van der Waals surface area contributed by atoms with Gasteiger partial charge >= 0.3 is 0 Å². The molecule has 1 aliphatic carbocycles. The van der Waals surface area contributed by atoms with Crippen LogP contribution in [-0.2, 0) is 10.0 Å². The number of thioether (sulfide) groups is 1. The van der Waals surface area contributed by atoms with Crippen LogP contribution in [0, 0.1) is 0 Å². The molecule has 0 amide bonds. The van der Waals surface area contributed by atoms with Crippen LogP contribution >= 0.6 is 27.7 Å². The van der Waals surface area contributed by atoms with Crippen LogP contribution in [0.15, 0.2) is 27.6 Å². The van der Waals surface area contributed by atoms with E-state index in [1.165, 1.54) is 6.07 Å². The summed E-state index contributed by atoms with van der Waals surface area (Å²) in [7, 11) is -3.52. The third-order valence-electron chi connectivity index (χ3n) is 3.09. The van der Waals surface area contributed by atoms with E-state index in [0.29, 0.717) is 6.54 Å². The second-order valence-corrected chi connectivity index (χ2v) is 8.32. The Bertz CT molecular complexity index is 556. The van der Waals surface area contributed by atoms with Gasteiger partial charge in [-0.05, 0) is 37.3 Å². The molecule has 7 heteroatoms. The number of halogens is 1. The largest absolute Gasteiger partial charge is 0.398 e. The monoisotopic (exact) mass is 350 g/mol. The molecule has 1 aromatic carbocycles. The molecular weight excluding hydrogens is 336 g/mol. The number of hydrogen-bond donors (Lipinski definition) is 2. The van der Waals surface area contributed by atoms with Crippen molar-refractivity contribution in [3.8, 4) is 0 Å². The van der Waals surface area contributed by atoms with Crippen LogP contribution in [-0.4, -0.2) is 26.0 Å². The molecule has 0 bridgehead atoms. The molecule has 0 unspecified atom stereocenters. The van der Waals surface area contributed by atoms with Gasteiger partial charge in [0.1, 0.15) is 4.90 Å². The number of rotatable bonds is 5. The molecule has 1 aliphatic rings. The molecule has 0 aromatic heterocycles. The van der Waals surface area contributed by atoms with E-state index in [4.69, 9.17) is 5.73 Å². The van der Waals surface area contributed by atoms with E-state index in [1.807, 2.05) is 6.26 Å². The minimum absolute atomic E-state index is 0.0944. The van der Waals surface area contributed by atoms with Gasteiger partial charge in [-0.15, -0.1) is 0 Å². The first-order chi connectivity index (χ1) is 8.38. The average Bonchev–Trinajstić information content (AvgIpc) is 3.07. The van der Waals surface area contributed by atoms with Crippen LogP contribution in [0.4, 0.5) is 5.69 Å². The van der Waals surface area contributed by atoms with Gasteiger partial charge in [-0.3, -0.25) is 0 Å². The molecule has 1 aromatic rings. The summed E-state index contributed by atoms with van der Waals surface area (Å²) in [6, 6.07) is 4.78. The van der Waals surface area contributed by atoms with Crippen LogP contribution in [0.25, 0.3) is 0 Å². The van der Waals surface area contributed by atoms with Crippen molar-refractivity contribution in [2.45, 2.75) is 22.5 Å². The number of anilines is 1. The van der Waals surface area contributed by atoms with Crippen molar-refractivity contribution in [2.24, 2.45) is 0 Å². The predicted molar refractivity (Wildman–Crippen MR) is 79.2 cm³/mol. The average molecular weight is 351 g/mol. The maximum atomic E-state index is 12.1. The van der Waals surface area contributed by atoms with Gasteiger partial charge in [0.15, 0.2) is 0 Å². The Labute approximate surface area is 120 Å². The molecule has 4 nitrogen and oxygen atoms in total. The number of nitrogens with one attached hydrogen (secondary N) is 1. The van der Waals surface area contributed by atoms with Crippen LogP contribution in [0.3, 0.4) is 0 Å². The van der Waals surface area contributed by atoms with Crippen LogP contribution < -0.4 is 10.5 Å². The van der Waals surface area contributed by atoms with E-state index in [1.54, 1.807) is 23.9 Å². The third kappa shape index (κ3) is 3.01. The lowest BCUT2D eigenvalue weighted by molar-refractivity contribution is 0.580. The predicted octanol–water partition coefficient (Wildman–Crippen LogP) is 2.21. The molecule has 1 fully saturated rings. The molecule has 18 heavy (non-hydrogen) atoms. The summed E-state index contributed by atoms with van der Waals surface area (Å²) in [5, 5.41) is 0. The normalized spacial score (nSPS) is 17.7. The van der Waals surface area contributed by atoms with Crippen molar-refractivity contribution in [2.75, 3.05) is 18.5 Å². The summed E-state index contributed by atoms with van der Waals surface area (Å²) < 4.78 is 27.8. The molecule has 0 heterocycles. The molecule has 3 N–H and O–H groups in total. The fourth-order valence-corrected chi connectivity index (χ4v) is 4.10. The molecule has 0 radical (unpaired) electrons. The van der Waals surface area contributed by atoms with E-state index >= 15 is 0 Å². The topological polar surface area (TPSA) is 72.2 Å². The van der Waals surface area contributed by atoms with E-state index < -0.39 is 10.0 Å². The van der Waals surface area contributed by atoms with Crippen molar-refractivity contribution in [3.05, 3.63) is 22.7 Å². The summed E-state index contributed by atoms with van der Waals surface area (Å²) in [6.07, 6.45) is 4.13. The number of nitrogen functional groups attached to an aromatic ring is 1. The van der Waals surface area contributed by atoms with Gasteiger partial charge < -0.3 is 5.73 Å². The van der Waals surface area contributed by atoms with Gasteiger partial charge in [0.25, 0.3) is 0 Å². The van der Waals surface area contributed by atoms with Crippen molar-refractivity contribution in [1.82, 2.24) is 4.72 Å². The van der Waals surface area contributed by atoms with Gasteiger partial charge in [-0.1, -0.05) is 15.9 Å². The smallest absolute Gasteiger partial charge is 0.242 e. The van der Waals surface area contributed by atoms with Crippen LogP contribution in [0.1, 0.15) is 12.8 Å². The minimum atomic E-state index is -3.52. The highest BCUT2D eigenvalue weighted by Gasteiger charge is 2.42. The van der Waals surface area contributed by atoms with Gasteiger partial charge in [0.2, 0.25) is 10.0 Å². The number of hydrogen-bond acceptors (Lipinski definition) is 4. The first-order valence-corrected chi connectivity index (χ1v) is 8.98. The Morgan fingerprint density at radius 1 is 1.50 bits per heavy atom. The quantitative estimate of drug-likeness (QED) is 0.798. The lowest BCUT2D eigenvalue weighted by atomic mass is 10.3. The van der Waals surface area contributed by atoms with E-state index in [9.17, 15) is 8.42 Å². The summed E-state index contributed by atoms with van der Waals surface area (Å²) in [5.41, 5.74) is 6.00. The first-order valence-electron chi connectivity index (χ1n) is 5.48. The molecule has 1 saturated carbocycles. The molecule has 0 aliphatic heterocycles. The van der Waals surface area contributed by atoms with E-state index in [-0.39, 0.29) is 15.3 Å². The Balaban J connectivity index is 2.15. The summed E-state index contributed by atoms with van der Waals surface area (Å²) in [6.45, 7) is 0.464. The van der Waals surface area contributed by atoms with E-state index in [2.05, 4.69) is 20.7 Å². The van der Waals surface area contributed by atoms with Crippen molar-refractivity contribution in [3.63, 3.8) is 0 Å². The summed E-state index contributed by atoms with van der Waals surface area (Å²) in [5.74, 6) is 0. The van der Waals surface area contributed by atoms with Crippen molar-refractivity contribution in [1.29, 1.82) is 0 Å². The zero-order valence-corrected chi connectivity index (χ0v) is 13.2. The number of benzene rings is 1. The fraction of sp³-hybridized carbons (Fsp3) is 0.455. The van der Waals surface area contributed by atoms with Crippen LogP contribution in [0.5, 0.6) is 0 Å². The highest BCUT2D eigenvalue weighted by molar-refractivity contribution is 9.10. The lowest BCUT2D eigenvalue weighted by Crippen LogP contribution is -2.32. The lowest BCUT2D eigenvalue weighted by Gasteiger charge is -2.14. The zero-order valence-electron chi connectivity index (χ0n) is 9.94. The van der Waals surface area contributed by atoms with Crippen LogP contribution in [0.2, 0.25) is 0 Å². The molecule has 0 saturated heterocycles. The minimum Gasteiger partial charge on any atom is -0.398 e. The number of sulfonamides is 1. The Hall–Kier alpha value is -0.240. The van der Waals surface area contributed by atoms with Gasteiger partial charge in [-0.25, -0.2) is 13.1 Å². The van der Waals surface area contributed by atoms with Crippen molar-refractivity contribution < 1.29 is 8.42 Å². The molecule has 0 spiro atoms.